The number of hydrogen-bond donors (Lipinski definition) is 0. The Kier molecular flexibility index (Phi) is 8.65. The molecule has 2 aromatic heterocycles. The summed E-state index contributed by atoms with van der Waals surface area (Å²) in [4.78, 5) is 14.8. The van der Waals surface area contributed by atoms with Gasteiger partial charge in [0.2, 0.25) is 0 Å². The molecular weight excluding hydrogens is 695 g/mol. The zero-order valence-corrected chi connectivity index (χ0v) is 31.2. The van der Waals surface area contributed by atoms with Crippen molar-refractivity contribution in [1.29, 1.82) is 0 Å². The Morgan fingerprint density at radius 3 is 1.54 bits per heavy atom. The van der Waals surface area contributed by atoms with Crippen molar-refractivity contribution in [2.24, 2.45) is 15.0 Å². The molecule has 0 aliphatic heterocycles. The van der Waals surface area contributed by atoms with Gasteiger partial charge in [0.15, 0.2) is 11.7 Å². The van der Waals surface area contributed by atoms with Crippen molar-refractivity contribution in [2.75, 3.05) is 0 Å². The van der Waals surface area contributed by atoms with E-state index in [4.69, 9.17) is 9.98 Å². The quantitative estimate of drug-likeness (QED) is 0.116. The first-order valence-electron chi connectivity index (χ1n) is 19.2. The van der Waals surface area contributed by atoms with E-state index in [1.54, 1.807) is 0 Å². The van der Waals surface area contributed by atoms with E-state index in [0.29, 0.717) is 18.2 Å². The van der Waals surface area contributed by atoms with Gasteiger partial charge >= 0.3 is 0 Å². The van der Waals surface area contributed by atoms with Crippen LogP contribution in [0.5, 0.6) is 0 Å². The fourth-order valence-corrected chi connectivity index (χ4v) is 8.10. The summed E-state index contributed by atoms with van der Waals surface area (Å²) >= 11 is 0. The van der Waals surface area contributed by atoms with Crippen molar-refractivity contribution < 1.29 is 0 Å². The number of nitrogens with zero attached hydrogens (tertiary/aromatic N) is 5. The number of hydrogen-bond acceptors (Lipinski definition) is 1. The molecule has 5 heteroatoms. The smallest absolute Gasteiger partial charge is 0.161 e. The third-order valence-electron chi connectivity index (χ3n) is 10.7. The van der Waals surface area contributed by atoms with Crippen LogP contribution in [0, 0.1) is 0 Å². The molecule has 10 rings (SSSR count). The molecule has 2 heterocycles. The predicted molar refractivity (Wildman–Crippen MR) is 240 cm³/mol. The summed E-state index contributed by atoms with van der Waals surface area (Å²) in [5.41, 5.74) is 11.9. The fourth-order valence-electron chi connectivity index (χ4n) is 8.10. The lowest BCUT2D eigenvalue weighted by Gasteiger charge is -2.16. The Labute approximate surface area is 330 Å². The van der Waals surface area contributed by atoms with Crippen LogP contribution in [0.1, 0.15) is 16.7 Å². The van der Waals surface area contributed by atoms with Gasteiger partial charge in [-0.05, 0) is 65.9 Å². The number of para-hydroxylation sites is 4. The molecule has 5 nitrogen and oxygen atoms in total. The molecule has 0 unspecified atom stereocenters. The van der Waals surface area contributed by atoms with Gasteiger partial charge < -0.3 is 9.13 Å². The highest BCUT2D eigenvalue weighted by molar-refractivity contribution is 6.16. The van der Waals surface area contributed by atoms with Crippen LogP contribution in [0.3, 0.4) is 0 Å². The van der Waals surface area contributed by atoms with Crippen LogP contribution in [-0.4, -0.2) is 27.5 Å². The SMILES string of the molecule is C=N/C(=N\C(=N/Cc1cc(-n2c3ccccc3c3ccccc32)c2c(c1)c1ccccc1n2-c1ccccc1)c1ccc(-c2ccccc2)cc1)c1ccccc1. The van der Waals surface area contributed by atoms with Gasteiger partial charge in [0.25, 0.3) is 0 Å². The van der Waals surface area contributed by atoms with Gasteiger partial charge in [-0.15, -0.1) is 0 Å². The fraction of sp³-hybridized carbons (Fsp3) is 0.0192. The van der Waals surface area contributed by atoms with E-state index in [0.717, 1.165) is 66.6 Å². The van der Waals surface area contributed by atoms with E-state index >= 15 is 0 Å². The maximum Gasteiger partial charge on any atom is 0.161 e. The van der Waals surface area contributed by atoms with Gasteiger partial charge in [0.1, 0.15) is 0 Å². The molecule has 0 spiro atoms. The molecular formula is C52H37N5. The third kappa shape index (κ3) is 6.12. The molecule has 0 bridgehead atoms. The molecule has 57 heavy (non-hydrogen) atoms. The highest BCUT2D eigenvalue weighted by Crippen LogP contribution is 2.40. The first-order valence-corrected chi connectivity index (χ1v) is 19.2. The van der Waals surface area contributed by atoms with Crippen molar-refractivity contribution in [1.82, 2.24) is 9.13 Å². The van der Waals surface area contributed by atoms with E-state index in [1.807, 2.05) is 36.4 Å². The number of benzene rings is 8. The summed E-state index contributed by atoms with van der Waals surface area (Å²) in [5, 5.41) is 4.77. The number of aliphatic imine (C=N–C) groups is 3. The number of rotatable bonds is 7. The summed E-state index contributed by atoms with van der Waals surface area (Å²) in [5.74, 6) is 1.11. The molecule has 0 atom stereocenters. The molecule has 0 amide bonds. The first-order chi connectivity index (χ1) is 28.2. The lowest BCUT2D eigenvalue weighted by molar-refractivity contribution is 1.05. The largest absolute Gasteiger partial charge is 0.307 e. The third-order valence-corrected chi connectivity index (χ3v) is 10.7. The Morgan fingerprint density at radius 1 is 0.439 bits per heavy atom. The van der Waals surface area contributed by atoms with Gasteiger partial charge in [0, 0.05) is 38.4 Å². The molecule has 0 saturated heterocycles. The predicted octanol–water partition coefficient (Wildman–Crippen LogP) is 12.6. The van der Waals surface area contributed by atoms with Crippen LogP contribution in [0.25, 0.3) is 66.1 Å². The standard InChI is InChI=1S/C52H37N5/c1-53-51(39-19-7-3-8-20-39)55-52(40-31-29-38(30-32-40)37-17-5-2-6-18-37)54-35-36-33-45-44-25-13-14-26-46(44)56(41-21-9-4-10-22-41)50(45)49(34-36)57-47-27-15-11-23-42(47)43-24-12-16-28-48(43)57/h2-34H,1,35H2/b54-52-,55-51-. The van der Waals surface area contributed by atoms with Crippen LogP contribution in [-0.2, 0) is 6.54 Å². The number of amidine groups is 2. The van der Waals surface area contributed by atoms with Crippen LogP contribution in [0.4, 0.5) is 0 Å². The highest BCUT2D eigenvalue weighted by Gasteiger charge is 2.21. The molecule has 0 aliphatic rings. The highest BCUT2D eigenvalue weighted by atomic mass is 15.1. The minimum Gasteiger partial charge on any atom is -0.307 e. The van der Waals surface area contributed by atoms with E-state index in [1.165, 1.54) is 16.2 Å². The van der Waals surface area contributed by atoms with E-state index in [-0.39, 0.29) is 0 Å². The molecule has 270 valence electrons. The average Bonchev–Trinajstić information content (AvgIpc) is 3.80. The van der Waals surface area contributed by atoms with E-state index in [9.17, 15) is 0 Å². The van der Waals surface area contributed by atoms with Crippen molar-refractivity contribution in [3.05, 3.63) is 217 Å². The second-order valence-electron chi connectivity index (χ2n) is 14.1. The Bertz CT molecular complexity index is 3080. The first kappa shape index (κ1) is 33.9. The zero-order chi connectivity index (χ0) is 38.1. The molecule has 0 fully saturated rings. The Hall–Kier alpha value is -7.63. The van der Waals surface area contributed by atoms with E-state index < -0.39 is 0 Å². The molecule has 0 saturated carbocycles. The number of aromatic nitrogens is 2. The zero-order valence-electron chi connectivity index (χ0n) is 31.2. The minimum absolute atomic E-state index is 0.392. The van der Waals surface area contributed by atoms with Crippen LogP contribution >= 0.6 is 0 Å². The van der Waals surface area contributed by atoms with Gasteiger partial charge in [-0.3, -0.25) is 4.99 Å². The summed E-state index contributed by atoms with van der Waals surface area (Å²) in [6, 6.07) is 70.1. The van der Waals surface area contributed by atoms with Gasteiger partial charge in [-0.1, -0.05) is 158 Å². The van der Waals surface area contributed by atoms with Gasteiger partial charge in [-0.25, -0.2) is 9.98 Å². The number of fused-ring (bicyclic) bond motifs is 6. The molecule has 0 aliphatic carbocycles. The van der Waals surface area contributed by atoms with Gasteiger partial charge in [0.05, 0.1) is 34.3 Å². The maximum atomic E-state index is 5.30. The van der Waals surface area contributed by atoms with Crippen molar-refractivity contribution in [2.45, 2.75) is 6.54 Å². The van der Waals surface area contributed by atoms with Crippen LogP contribution in [0.2, 0.25) is 0 Å². The second kappa shape index (κ2) is 14.5. The molecule has 0 radical (unpaired) electrons. The second-order valence-corrected chi connectivity index (χ2v) is 14.1. The molecule has 0 N–H and O–H groups in total. The summed E-state index contributed by atoms with van der Waals surface area (Å²) in [6.45, 7) is 4.29. The maximum absolute atomic E-state index is 5.30. The van der Waals surface area contributed by atoms with Crippen molar-refractivity contribution in [3.8, 4) is 22.5 Å². The molecule has 10 aromatic rings. The summed E-state index contributed by atoms with van der Waals surface area (Å²) in [6.07, 6.45) is 0. The summed E-state index contributed by atoms with van der Waals surface area (Å²) in [7, 11) is 0. The average molecular weight is 732 g/mol. The van der Waals surface area contributed by atoms with Crippen LogP contribution in [0.15, 0.2) is 215 Å². The normalized spacial score (nSPS) is 12.2. The Balaban J connectivity index is 1.21. The monoisotopic (exact) mass is 731 g/mol. The lowest BCUT2D eigenvalue weighted by atomic mass is 10.0. The topological polar surface area (TPSA) is 46.9 Å². The van der Waals surface area contributed by atoms with Crippen molar-refractivity contribution >= 4 is 62.0 Å². The van der Waals surface area contributed by atoms with Crippen molar-refractivity contribution in [3.63, 3.8) is 0 Å². The van der Waals surface area contributed by atoms with Crippen LogP contribution < -0.4 is 0 Å². The summed E-state index contributed by atoms with van der Waals surface area (Å²) < 4.78 is 4.83. The van der Waals surface area contributed by atoms with Gasteiger partial charge in [-0.2, -0.15) is 0 Å². The Morgan fingerprint density at radius 2 is 0.930 bits per heavy atom. The lowest BCUT2D eigenvalue weighted by Crippen LogP contribution is -2.06. The molecule has 8 aromatic carbocycles. The minimum atomic E-state index is 0.392. The van der Waals surface area contributed by atoms with E-state index in [2.05, 4.69) is 185 Å².